The lowest BCUT2D eigenvalue weighted by atomic mass is 10.3. The van der Waals surface area contributed by atoms with E-state index in [4.69, 9.17) is 56.2 Å². The summed E-state index contributed by atoms with van der Waals surface area (Å²) < 4.78 is 32.1. The first-order valence-corrected chi connectivity index (χ1v) is 11.1. The first-order valence-electron chi connectivity index (χ1n) is 8.02. The number of amides is 1. The van der Waals surface area contributed by atoms with Crippen LogP contribution in [0.25, 0.3) is 0 Å². The van der Waals surface area contributed by atoms with Crippen molar-refractivity contribution in [3.05, 3.63) is 54.3 Å². The van der Waals surface area contributed by atoms with E-state index in [0.717, 1.165) is 5.41 Å². The Morgan fingerprint density at radius 1 is 1.30 bits per heavy atom. The van der Waals surface area contributed by atoms with E-state index in [-0.39, 0.29) is 21.5 Å². The van der Waals surface area contributed by atoms with Crippen molar-refractivity contribution in [3.63, 3.8) is 0 Å². The van der Waals surface area contributed by atoms with E-state index in [1.54, 1.807) is 0 Å². The second-order valence-corrected chi connectivity index (χ2v) is 10.3. The summed E-state index contributed by atoms with van der Waals surface area (Å²) in [6.07, 6.45) is 0.0907. The van der Waals surface area contributed by atoms with Gasteiger partial charge in [0, 0.05) is 11.5 Å². The van der Waals surface area contributed by atoms with Gasteiger partial charge in [0.15, 0.2) is 20.7 Å². The Balaban J connectivity index is 2.17. The highest BCUT2D eigenvalue weighted by atomic mass is 35.6. The lowest BCUT2D eigenvalue weighted by Crippen LogP contribution is -2.56. The molecule has 0 spiro atoms. The van der Waals surface area contributed by atoms with Gasteiger partial charge >= 0.3 is 0 Å². The van der Waals surface area contributed by atoms with Crippen LogP contribution in [0.15, 0.2) is 57.9 Å². The maximum atomic E-state index is 12.2. The maximum absolute atomic E-state index is 12.2. The molecule has 3 N–H and O–H groups in total. The number of thiocarbonyl (C=S) groups is 1. The number of nitrogens with one attached hydrogen (secondary N) is 3. The van der Waals surface area contributed by atoms with E-state index < -0.39 is 25.7 Å². The second kappa shape index (κ2) is 9.88. The molecule has 0 bridgehead atoms. The van der Waals surface area contributed by atoms with Crippen LogP contribution in [-0.4, -0.2) is 36.5 Å². The number of anilines is 1. The first-order chi connectivity index (χ1) is 14.0. The average Bonchev–Trinajstić information content (AvgIpc) is 3.21. The number of sulfone groups is 1. The van der Waals surface area contributed by atoms with E-state index in [0.29, 0.717) is 5.69 Å². The highest BCUT2D eigenvalue weighted by molar-refractivity contribution is 7.94. The highest BCUT2D eigenvalue weighted by Crippen LogP contribution is 2.30. The molecule has 0 radical (unpaired) electrons. The van der Waals surface area contributed by atoms with E-state index in [2.05, 4.69) is 22.5 Å². The number of alkyl halides is 3. The highest BCUT2D eigenvalue weighted by Gasteiger charge is 2.35. The third-order valence-electron chi connectivity index (χ3n) is 3.59. The van der Waals surface area contributed by atoms with Gasteiger partial charge in [-0.1, -0.05) is 41.4 Å². The van der Waals surface area contributed by atoms with Crippen molar-refractivity contribution in [1.29, 1.82) is 0 Å². The Morgan fingerprint density at radius 3 is 2.53 bits per heavy atom. The minimum absolute atomic E-state index is 0.00983. The summed E-state index contributed by atoms with van der Waals surface area (Å²) in [5.41, 5.74) is 0.332. The molecule has 0 saturated carbocycles. The number of methoxy groups -OCH3 is 1. The fourth-order valence-electron chi connectivity index (χ4n) is 2.15. The summed E-state index contributed by atoms with van der Waals surface area (Å²) in [6.45, 7) is 3.28. The van der Waals surface area contributed by atoms with E-state index >= 15 is 0 Å². The van der Waals surface area contributed by atoms with Crippen LogP contribution in [0.2, 0.25) is 0 Å². The fraction of sp³-hybridized carbons (Fsp3) is 0.176. The van der Waals surface area contributed by atoms with Crippen LogP contribution in [0.3, 0.4) is 0 Å². The van der Waals surface area contributed by atoms with Gasteiger partial charge < -0.3 is 25.1 Å². The molecular formula is C17H16Cl3N3O5S2. The van der Waals surface area contributed by atoms with Gasteiger partial charge in [0.1, 0.15) is 11.9 Å². The molecule has 0 saturated heterocycles. The van der Waals surface area contributed by atoms with Crippen LogP contribution >= 0.6 is 47.0 Å². The normalized spacial score (nSPS) is 12.5. The van der Waals surface area contributed by atoms with Crippen LogP contribution in [-0.2, 0) is 9.84 Å². The minimum Gasteiger partial charge on any atom is -0.495 e. The molecule has 0 aliphatic rings. The van der Waals surface area contributed by atoms with Crippen molar-refractivity contribution in [3.8, 4) is 5.75 Å². The van der Waals surface area contributed by atoms with E-state index in [1.807, 2.05) is 0 Å². The van der Waals surface area contributed by atoms with Crippen LogP contribution in [0, 0.1) is 0 Å². The van der Waals surface area contributed by atoms with Crippen molar-refractivity contribution in [2.75, 3.05) is 12.4 Å². The number of rotatable bonds is 7. The Kier molecular flexibility index (Phi) is 8.00. The number of halogens is 3. The molecule has 0 aliphatic heterocycles. The van der Waals surface area contributed by atoms with Gasteiger partial charge in [-0.3, -0.25) is 4.79 Å². The van der Waals surface area contributed by atoms with Crippen LogP contribution in [0.4, 0.5) is 5.69 Å². The minimum atomic E-state index is -3.65. The molecule has 162 valence electrons. The zero-order valence-electron chi connectivity index (χ0n) is 15.3. The predicted molar refractivity (Wildman–Crippen MR) is 120 cm³/mol. The summed E-state index contributed by atoms with van der Waals surface area (Å²) in [7, 11) is -2.29. The number of carbonyl (C=O) groups is 1. The van der Waals surface area contributed by atoms with Crippen molar-refractivity contribution >= 4 is 73.6 Å². The zero-order valence-corrected chi connectivity index (χ0v) is 19.2. The molecule has 1 atom stereocenters. The van der Waals surface area contributed by atoms with Gasteiger partial charge in [-0.05, 0) is 36.5 Å². The van der Waals surface area contributed by atoms with Gasteiger partial charge in [-0.25, -0.2) is 8.42 Å². The van der Waals surface area contributed by atoms with Gasteiger partial charge in [-0.15, -0.1) is 0 Å². The molecule has 8 nitrogen and oxygen atoms in total. The Bertz CT molecular complexity index is 1040. The standard InChI is InChI=1S/C17H16Cl3N3O5S2/c1-3-30(25,26)10-6-7-11(13(9-10)27-2)21-16(29)23-15(17(18,19)20)22-14(24)12-5-4-8-28-12/h3-9,15H,1H2,2H3,(H,22,24)(H2,21,23,29)/t15-/m0/s1. The lowest BCUT2D eigenvalue weighted by molar-refractivity contribution is 0.0906. The first kappa shape index (κ1) is 24.3. The molecule has 1 aromatic heterocycles. The third-order valence-corrected chi connectivity index (χ3v) is 5.82. The molecule has 1 amide bonds. The van der Waals surface area contributed by atoms with Crippen LogP contribution in [0.1, 0.15) is 10.6 Å². The predicted octanol–water partition coefficient (Wildman–Crippen LogP) is 3.62. The van der Waals surface area contributed by atoms with E-state index in [9.17, 15) is 13.2 Å². The number of carbonyl (C=O) groups excluding carboxylic acids is 1. The van der Waals surface area contributed by atoms with Crippen LogP contribution in [0.5, 0.6) is 5.75 Å². The summed E-state index contributed by atoms with van der Waals surface area (Å²) in [5, 5.41) is 8.70. The van der Waals surface area contributed by atoms with Crippen molar-refractivity contribution < 1.29 is 22.4 Å². The van der Waals surface area contributed by atoms with Gasteiger partial charge in [0.2, 0.25) is 3.79 Å². The number of ether oxygens (including phenoxy) is 1. The topological polar surface area (TPSA) is 110 Å². The summed E-state index contributed by atoms with van der Waals surface area (Å²) in [6, 6.07) is 7.05. The number of hydrogen-bond donors (Lipinski definition) is 3. The molecule has 1 heterocycles. The average molecular weight is 513 g/mol. The lowest BCUT2D eigenvalue weighted by Gasteiger charge is -2.27. The fourth-order valence-corrected chi connectivity index (χ4v) is 3.42. The van der Waals surface area contributed by atoms with Crippen molar-refractivity contribution in [1.82, 2.24) is 10.6 Å². The zero-order chi connectivity index (χ0) is 22.5. The molecule has 13 heteroatoms. The smallest absolute Gasteiger partial charge is 0.288 e. The SMILES string of the molecule is C=CS(=O)(=O)c1ccc(NC(=S)N[C@H](NC(=O)c2ccco2)C(Cl)(Cl)Cl)c(OC)c1. The van der Waals surface area contributed by atoms with Crippen LogP contribution < -0.4 is 20.7 Å². The van der Waals surface area contributed by atoms with E-state index in [1.165, 1.54) is 43.7 Å². The van der Waals surface area contributed by atoms with Crippen molar-refractivity contribution in [2.45, 2.75) is 14.9 Å². The van der Waals surface area contributed by atoms with Gasteiger partial charge in [-0.2, -0.15) is 0 Å². The molecule has 0 fully saturated rings. The summed E-state index contributed by atoms with van der Waals surface area (Å²) in [5.74, 6) is -0.439. The monoisotopic (exact) mass is 511 g/mol. The van der Waals surface area contributed by atoms with Gasteiger partial charge in [0.05, 0.1) is 24.0 Å². The number of benzene rings is 1. The second-order valence-electron chi connectivity index (χ2n) is 5.60. The third kappa shape index (κ3) is 6.26. The molecule has 0 unspecified atom stereocenters. The van der Waals surface area contributed by atoms with Crippen molar-refractivity contribution in [2.24, 2.45) is 0 Å². The van der Waals surface area contributed by atoms with Gasteiger partial charge in [0.25, 0.3) is 5.91 Å². The summed E-state index contributed by atoms with van der Waals surface area (Å²) in [4.78, 5) is 12.2. The number of furan rings is 1. The molecule has 2 rings (SSSR count). The maximum Gasteiger partial charge on any atom is 0.288 e. The molecular weight excluding hydrogens is 497 g/mol. The summed E-state index contributed by atoms with van der Waals surface area (Å²) >= 11 is 23.0. The molecule has 30 heavy (non-hydrogen) atoms. The Hall–Kier alpha value is -1.98. The number of hydrogen-bond acceptors (Lipinski definition) is 6. The largest absolute Gasteiger partial charge is 0.495 e. The quantitative estimate of drug-likeness (QED) is 0.293. The Morgan fingerprint density at radius 2 is 2.00 bits per heavy atom. The molecule has 1 aromatic carbocycles. The molecule has 0 aliphatic carbocycles. The Labute approximate surface area is 193 Å². The molecule has 2 aromatic rings.